The van der Waals surface area contributed by atoms with Gasteiger partial charge in [-0.05, 0) is 12.1 Å². The molecule has 1 fully saturated rings. The molecule has 0 radical (unpaired) electrons. The number of pyridine rings is 1. The Morgan fingerprint density at radius 3 is 2.86 bits per heavy atom. The van der Waals surface area contributed by atoms with Gasteiger partial charge in [-0.25, -0.2) is 9.78 Å². The number of rotatable bonds is 2. The lowest BCUT2D eigenvalue weighted by molar-refractivity contribution is 0.0697. The predicted molar refractivity (Wildman–Crippen MR) is 49.4 cm³/mol. The van der Waals surface area contributed by atoms with Gasteiger partial charge in [-0.15, -0.1) is 0 Å². The quantitative estimate of drug-likeness (QED) is 0.691. The molecule has 5 heteroatoms. The summed E-state index contributed by atoms with van der Waals surface area (Å²) in [7, 11) is 0. The van der Waals surface area contributed by atoms with Crippen molar-refractivity contribution in [2.45, 2.75) is 6.10 Å². The van der Waals surface area contributed by atoms with Crippen molar-refractivity contribution in [1.82, 2.24) is 4.98 Å². The molecule has 0 aliphatic carbocycles. The minimum absolute atomic E-state index is 0.219. The number of nitrogens with zero attached hydrogens (tertiary/aromatic N) is 2. The Morgan fingerprint density at radius 2 is 2.29 bits per heavy atom. The normalized spacial score (nSPS) is 16.5. The van der Waals surface area contributed by atoms with E-state index in [9.17, 15) is 4.79 Å². The summed E-state index contributed by atoms with van der Waals surface area (Å²) in [5, 5.41) is 17.8. The molecule has 0 amide bonds. The monoisotopic (exact) mass is 194 g/mol. The number of carbonyl (C=O) groups is 1. The van der Waals surface area contributed by atoms with Gasteiger partial charge in [0.15, 0.2) is 0 Å². The average Bonchev–Trinajstić information content (AvgIpc) is 2.13. The summed E-state index contributed by atoms with van der Waals surface area (Å²) in [5.41, 5.74) is 0.219. The second-order valence-corrected chi connectivity index (χ2v) is 3.27. The van der Waals surface area contributed by atoms with Crippen LogP contribution in [-0.4, -0.2) is 40.4 Å². The molecule has 0 aromatic carbocycles. The molecular formula is C9H10N2O3. The van der Waals surface area contributed by atoms with Crippen LogP contribution in [0.3, 0.4) is 0 Å². The van der Waals surface area contributed by atoms with Crippen LogP contribution < -0.4 is 4.90 Å². The summed E-state index contributed by atoms with van der Waals surface area (Å²) < 4.78 is 0. The molecule has 1 aliphatic heterocycles. The standard InChI is InChI=1S/C9H10N2O3/c12-7-4-11(5-7)8-3-6(9(13)14)1-2-10-8/h1-3,7,12H,4-5H2,(H,13,14). The fourth-order valence-electron chi connectivity index (χ4n) is 1.37. The summed E-state index contributed by atoms with van der Waals surface area (Å²) in [6, 6.07) is 2.95. The summed E-state index contributed by atoms with van der Waals surface area (Å²) >= 11 is 0. The van der Waals surface area contributed by atoms with Crippen LogP contribution in [0.5, 0.6) is 0 Å². The van der Waals surface area contributed by atoms with Crippen molar-refractivity contribution in [3.8, 4) is 0 Å². The summed E-state index contributed by atoms with van der Waals surface area (Å²) in [6.45, 7) is 1.05. The lowest BCUT2D eigenvalue weighted by Crippen LogP contribution is -2.51. The molecule has 0 bridgehead atoms. The largest absolute Gasteiger partial charge is 0.478 e. The van der Waals surface area contributed by atoms with Crippen molar-refractivity contribution in [3.05, 3.63) is 23.9 Å². The van der Waals surface area contributed by atoms with Gasteiger partial charge >= 0.3 is 5.97 Å². The SMILES string of the molecule is O=C(O)c1ccnc(N2CC(O)C2)c1. The Hall–Kier alpha value is -1.62. The van der Waals surface area contributed by atoms with Crippen LogP contribution in [0, 0.1) is 0 Å². The minimum atomic E-state index is -0.963. The lowest BCUT2D eigenvalue weighted by atomic mass is 10.1. The second-order valence-electron chi connectivity index (χ2n) is 3.27. The van der Waals surface area contributed by atoms with Gasteiger partial charge < -0.3 is 15.1 Å². The molecule has 0 atom stereocenters. The average molecular weight is 194 g/mol. The molecule has 1 saturated heterocycles. The minimum Gasteiger partial charge on any atom is -0.478 e. The van der Waals surface area contributed by atoms with Gasteiger partial charge in [-0.1, -0.05) is 0 Å². The van der Waals surface area contributed by atoms with Gasteiger partial charge in [-0.3, -0.25) is 0 Å². The van der Waals surface area contributed by atoms with Crippen LogP contribution in [0.2, 0.25) is 0 Å². The van der Waals surface area contributed by atoms with E-state index in [0.29, 0.717) is 18.9 Å². The maximum absolute atomic E-state index is 10.7. The van der Waals surface area contributed by atoms with Gasteiger partial charge in [0, 0.05) is 19.3 Å². The molecule has 2 rings (SSSR count). The van der Waals surface area contributed by atoms with Crippen LogP contribution in [-0.2, 0) is 0 Å². The molecule has 2 heterocycles. The number of hydrogen-bond donors (Lipinski definition) is 2. The third kappa shape index (κ3) is 1.54. The highest BCUT2D eigenvalue weighted by atomic mass is 16.4. The van der Waals surface area contributed by atoms with Crippen LogP contribution in [0.25, 0.3) is 0 Å². The predicted octanol–water partition coefficient (Wildman–Crippen LogP) is -0.0393. The highest BCUT2D eigenvalue weighted by molar-refractivity contribution is 5.88. The fourth-order valence-corrected chi connectivity index (χ4v) is 1.37. The van der Waals surface area contributed by atoms with E-state index in [-0.39, 0.29) is 11.7 Å². The zero-order valence-corrected chi connectivity index (χ0v) is 7.42. The fraction of sp³-hybridized carbons (Fsp3) is 0.333. The lowest BCUT2D eigenvalue weighted by Gasteiger charge is -2.36. The van der Waals surface area contributed by atoms with Crippen molar-refractivity contribution >= 4 is 11.8 Å². The maximum atomic E-state index is 10.7. The highest BCUT2D eigenvalue weighted by Gasteiger charge is 2.25. The first-order chi connectivity index (χ1) is 6.66. The Kier molecular flexibility index (Phi) is 2.09. The number of carboxylic acids is 1. The molecule has 14 heavy (non-hydrogen) atoms. The second kappa shape index (κ2) is 3.26. The Labute approximate surface area is 80.6 Å². The summed E-state index contributed by atoms with van der Waals surface area (Å²) in [5.74, 6) is -0.357. The molecule has 5 nitrogen and oxygen atoms in total. The Morgan fingerprint density at radius 1 is 1.57 bits per heavy atom. The molecule has 74 valence electrons. The van der Waals surface area contributed by atoms with Gasteiger partial charge in [0.1, 0.15) is 5.82 Å². The van der Waals surface area contributed by atoms with Gasteiger partial charge in [-0.2, -0.15) is 0 Å². The smallest absolute Gasteiger partial charge is 0.335 e. The third-order valence-electron chi connectivity index (χ3n) is 2.18. The first-order valence-corrected chi connectivity index (χ1v) is 4.29. The number of β-amino-alcohol motifs (C(OH)–C–C–N with tert-alkyl or cyclic N) is 1. The van der Waals surface area contributed by atoms with E-state index in [0.717, 1.165) is 0 Å². The number of anilines is 1. The van der Waals surface area contributed by atoms with Crippen molar-refractivity contribution in [1.29, 1.82) is 0 Å². The van der Waals surface area contributed by atoms with Crippen molar-refractivity contribution in [2.75, 3.05) is 18.0 Å². The van der Waals surface area contributed by atoms with Crippen LogP contribution in [0.4, 0.5) is 5.82 Å². The zero-order valence-electron chi connectivity index (χ0n) is 7.42. The third-order valence-corrected chi connectivity index (χ3v) is 2.18. The Bertz CT molecular complexity index is 361. The van der Waals surface area contributed by atoms with E-state index >= 15 is 0 Å². The zero-order chi connectivity index (χ0) is 10.1. The number of hydrogen-bond acceptors (Lipinski definition) is 4. The molecule has 2 N–H and O–H groups in total. The van der Waals surface area contributed by atoms with Crippen LogP contribution >= 0.6 is 0 Å². The van der Waals surface area contributed by atoms with E-state index in [1.807, 2.05) is 4.90 Å². The van der Waals surface area contributed by atoms with Crippen molar-refractivity contribution in [2.24, 2.45) is 0 Å². The van der Waals surface area contributed by atoms with Crippen LogP contribution in [0.1, 0.15) is 10.4 Å². The summed E-state index contributed by atoms with van der Waals surface area (Å²) in [4.78, 5) is 16.5. The molecule has 1 aromatic heterocycles. The topological polar surface area (TPSA) is 73.7 Å². The van der Waals surface area contributed by atoms with Gasteiger partial charge in [0.05, 0.1) is 11.7 Å². The van der Waals surface area contributed by atoms with Gasteiger partial charge in [0.2, 0.25) is 0 Å². The van der Waals surface area contributed by atoms with E-state index in [4.69, 9.17) is 10.2 Å². The number of carboxylic acid groups (broad SMARTS) is 1. The molecule has 0 saturated carbocycles. The molecule has 0 spiro atoms. The first-order valence-electron chi connectivity index (χ1n) is 4.29. The van der Waals surface area contributed by atoms with Crippen molar-refractivity contribution < 1.29 is 15.0 Å². The van der Waals surface area contributed by atoms with Gasteiger partial charge in [0.25, 0.3) is 0 Å². The van der Waals surface area contributed by atoms with E-state index in [1.165, 1.54) is 18.3 Å². The van der Waals surface area contributed by atoms with Crippen LogP contribution in [0.15, 0.2) is 18.3 Å². The maximum Gasteiger partial charge on any atom is 0.335 e. The summed E-state index contributed by atoms with van der Waals surface area (Å²) in [6.07, 6.45) is 1.15. The molecular weight excluding hydrogens is 184 g/mol. The number of aromatic carboxylic acids is 1. The number of aliphatic hydroxyl groups excluding tert-OH is 1. The molecule has 1 aliphatic rings. The van der Waals surface area contributed by atoms with E-state index in [1.54, 1.807) is 0 Å². The highest BCUT2D eigenvalue weighted by Crippen LogP contribution is 2.18. The number of aromatic nitrogens is 1. The number of aliphatic hydroxyl groups is 1. The molecule has 0 unspecified atom stereocenters. The first kappa shape index (κ1) is 8.96. The molecule has 1 aromatic rings. The Balaban J connectivity index is 2.18. The van der Waals surface area contributed by atoms with Crippen molar-refractivity contribution in [3.63, 3.8) is 0 Å². The van der Waals surface area contributed by atoms with E-state index < -0.39 is 5.97 Å². The van der Waals surface area contributed by atoms with E-state index in [2.05, 4.69) is 4.98 Å².